The molecule has 5 heteroatoms. The fraction of sp³-hybridized carbons (Fsp3) is 0.400. The van der Waals surface area contributed by atoms with Crippen LogP contribution in [0.2, 0.25) is 10.0 Å². The van der Waals surface area contributed by atoms with Crippen LogP contribution in [0.5, 0.6) is 0 Å². The monoisotopic (exact) mass is 312 g/mol. The molecule has 0 radical (unpaired) electrons. The summed E-state index contributed by atoms with van der Waals surface area (Å²) in [6.07, 6.45) is 0.472. The number of aliphatic hydroxyl groups excluding tert-OH is 1. The van der Waals surface area contributed by atoms with Crippen molar-refractivity contribution in [3.63, 3.8) is 0 Å². The topological polar surface area (TPSA) is 38.0 Å². The van der Waals surface area contributed by atoms with E-state index in [-0.39, 0.29) is 0 Å². The summed E-state index contributed by atoms with van der Waals surface area (Å²) in [6.45, 7) is 3.97. The van der Waals surface area contributed by atoms with Gasteiger partial charge in [0.15, 0.2) is 0 Å². The van der Waals surface area contributed by atoms with Crippen molar-refractivity contribution in [1.29, 1.82) is 0 Å². The Morgan fingerprint density at radius 1 is 1.35 bits per heavy atom. The zero-order chi connectivity index (χ0) is 14.9. The summed E-state index contributed by atoms with van der Waals surface area (Å²) in [5.41, 5.74) is 3.46. The molecule has 0 spiro atoms. The molecule has 1 aromatic carbocycles. The Bertz CT molecular complexity index is 623. The average Bonchev–Trinajstić information content (AvgIpc) is 2.66. The molecule has 0 saturated carbocycles. The Labute approximate surface area is 129 Å². The van der Waals surface area contributed by atoms with E-state index in [0.29, 0.717) is 22.0 Å². The van der Waals surface area contributed by atoms with Crippen LogP contribution in [0.1, 0.15) is 35.5 Å². The minimum absolute atomic E-state index is 0.394. The maximum Gasteiger partial charge on any atom is 0.0860 e. The molecular weight excluding hydrogens is 295 g/mol. The second-order valence-electron chi connectivity index (χ2n) is 4.93. The van der Waals surface area contributed by atoms with Gasteiger partial charge in [-0.3, -0.25) is 4.68 Å². The second-order valence-corrected chi connectivity index (χ2v) is 5.71. The molecule has 0 amide bonds. The third-order valence-corrected chi connectivity index (χ3v) is 4.17. The van der Waals surface area contributed by atoms with Crippen LogP contribution in [-0.2, 0) is 19.9 Å². The molecule has 1 N–H and O–H groups in total. The third kappa shape index (κ3) is 3.00. The lowest BCUT2D eigenvalue weighted by Crippen LogP contribution is -2.07. The molecule has 1 aromatic heterocycles. The van der Waals surface area contributed by atoms with Crippen molar-refractivity contribution in [2.24, 2.45) is 7.05 Å². The van der Waals surface area contributed by atoms with Crippen LogP contribution in [0.4, 0.5) is 0 Å². The lowest BCUT2D eigenvalue weighted by atomic mass is 10.0. The maximum absolute atomic E-state index is 10.4. The number of aryl methyl sites for hydroxylation is 3. The number of benzene rings is 1. The molecule has 1 atom stereocenters. The average molecular weight is 313 g/mol. The summed E-state index contributed by atoms with van der Waals surface area (Å²) in [5.74, 6) is 0. The molecule has 0 aliphatic carbocycles. The Morgan fingerprint density at radius 2 is 2.05 bits per heavy atom. The van der Waals surface area contributed by atoms with Gasteiger partial charge in [-0.05, 0) is 30.5 Å². The van der Waals surface area contributed by atoms with Gasteiger partial charge in [-0.2, -0.15) is 5.10 Å². The van der Waals surface area contributed by atoms with Crippen LogP contribution in [0.25, 0.3) is 0 Å². The fourth-order valence-corrected chi connectivity index (χ4v) is 2.97. The lowest BCUT2D eigenvalue weighted by molar-refractivity contribution is 0.176. The molecule has 0 fully saturated rings. The normalized spacial score (nSPS) is 12.7. The summed E-state index contributed by atoms with van der Waals surface area (Å²) < 4.78 is 1.73. The number of nitrogens with zero attached hydrogens (tertiary/aromatic N) is 2. The van der Waals surface area contributed by atoms with Gasteiger partial charge in [0, 0.05) is 18.5 Å². The molecule has 2 aromatic rings. The molecule has 1 heterocycles. The van der Waals surface area contributed by atoms with E-state index in [1.165, 1.54) is 0 Å². The van der Waals surface area contributed by atoms with Crippen LogP contribution < -0.4 is 0 Å². The lowest BCUT2D eigenvalue weighted by Gasteiger charge is -2.13. The van der Waals surface area contributed by atoms with E-state index in [4.69, 9.17) is 23.2 Å². The van der Waals surface area contributed by atoms with E-state index in [1.807, 2.05) is 39.1 Å². The van der Waals surface area contributed by atoms with E-state index in [0.717, 1.165) is 23.4 Å². The van der Waals surface area contributed by atoms with Crippen LogP contribution in [-0.4, -0.2) is 14.9 Å². The van der Waals surface area contributed by atoms with E-state index >= 15 is 0 Å². The summed E-state index contributed by atoms with van der Waals surface area (Å²) >= 11 is 12.5. The zero-order valence-corrected chi connectivity index (χ0v) is 13.3. The second kappa shape index (κ2) is 6.17. The Balaban J connectivity index is 2.27. The van der Waals surface area contributed by atoms with Crippen LogP contribution >= 0.6 is 23.2 Å². The first-order valence-electron chi connectivity index (χ1n) is 6.58. The predicted octanol–water partition coefficient (Wildman–Crippen LogP) is 3.87. The van der Waals surface area contributed by atoms with Crippen molar-refractivity contribution in [2.45, 2.75) is 32.8 Å². The molecule has 0 aliphatic heterocycles. The quantitative estimate of drug-likeness (QED) is 0.930. The Morgan fingerprint density at radius 3 is 2.60 bits per heavy atom. The van der Waals surface area contributed by atoms with Crippen molar-refractivity contribution < 1.29 is 5.11 Å². The molecule has 1 unspecified atom stereocenters. The molecule has 108 valence electrons. The smallest absolute Gasteiger partial charge is 0.0860 e. The van der Waals surface area contributed by atoms with Gasteiger partial charge in [0.2, 0.25) is 0 Å². The Kier molecular flexibility index (Phi) is 4.74. The van der Waals surface area contributed by atoms with Crippen molar-refractivity contribution >= 4 is 23.2 Å². The number of rotatable bonds is 4. The minimum Gasteiger partial charge on any atom is -0.388 e. The highest BCUT2D eigenvalue weighted by Crippen LogP contribution is 2.30. The van der Waals surface area contributed by atoms with Gasteiger partial charge in [0.1, 0.15) is 0 Å². The number of aliphatic hydroxyl groups is 1. The van der Waals surface area contributed by atoms with Gasteiger partial charge >= 0.3 is 0 Å². The number of halogens is 2. The molecule has 0 bridgehead atoms. The first kappa shape index (κ1) is 15.4. The Hall–Kier alpha value is -1.03. The van der Waals surface area contributed by atoms with Crippen LogP contribution in [0, 0.1) is 6.92 Å². The van der Waals surface area contributed by atoms with Crippen LogP contribution in [0.15, 0.2) is 18.2 Å². The van der Waals surface area contributed by atoms with E-state index in [2.05, 4.69) is 5.10 Å². The molecular formula is C15H18Cl2N2O. The van der Waals surface area contributed by atoms with Gasteiger partial charge in [0.25, 0.3) is 0 Å². The number of aromatic nitrogens is 2. The van der Waals surface area contributed by atoms with Crippen molar-refractivity contribution in [1.82, 2.24) is 9.78 Å². The standard InChI is InChI=1S/C15H18Cl2N2O/c1-4-12-15(17)13(19(3)18-12)8-14(20)10-6-5-9(2)7-11(10)16/h5-7,14,20H,4,8H2,1-3H3. The fourth-order valence-electron chi connectivity index (χ4n) is 2.24. The first-order valence-corrected chi connectivity index (χ1v) is 7.34. The van der Waals surface area contributed by atoms with Gasteiger partial charge < -0.3 is 5.11 Å². The molecule has 20 heavy (non-hydrogen) atoms. The SMILES string of the molecule is CCc1nn(C)c(CC(O)c2ccc(C)cc2Cl)c1Cl. The van der Waals surface area contributed by atoms with Gasteiger partial charge in [-0.15, -0.1) is 0 Å². The van der Waals surface area contributed by atoms with Gasteiger partial charge in [-0.1, -0.05) is 42.3 Å². The molecule has 0 saturated heterocycles. The zero-order valence-electron chi connectivity index (χ0n) is 11.8. The van der Waals surface area contributed by atoms with Crippen molar-refractivity contribution in [2.75, 3.05) is 0 Å². The molecule has 2 rings (SSSR count). The van der Waals surface area contributed by atoms with E-state index in [9.17, 15) is 5.11 Å². The number of hydrogen-bond acceptors (Lipinski definition) is 2. The highest BCUT2D eigenvalue weighted by Gasteiger charge is 2.19. The van der Waals surface area contributed by atoms with Gasteiger partial charge in [-0.25, -0.2) is 0 Å². The molecule has 0 aliphatic rings. The largest absolute Gasteiger partial charge is 0.388 e. The van der Waals surface area contributed by atoms with Crippen LogP contribution in [0.3, 0.4) is 0 Å². The summed E-state index contributed by atoms with van der Waals surface area (Å²) in [4.78, 5) is 0. The highest BCUT2D eigenvalue weighted by molar-refractivity contribution is 6.32. The van der Waals surface area contributed by atoms with Crippen molar-refractivity contribution in [3.8, 4) is 0 Å². The minimum atomic E-state index is -0.694. The van der Waals surface area contributed by atoms with E-state index in [1.54, 1.807) is 4.68 Å². The summed E-state index contributed by atoms with van der Waals surface area (Å²) in [6, 6.07) is 5.64. The van der Waals surface area contributed by atoms with Crippen molar-refractivity contribution in [3.05, 3.63) is 50.8 Å². The summed E-state index contributed by atoms with van der Waals surface area (Å²) in [7, 11) is 1.84. The highest BCUT2D eigenvalue weighted by atomic mass is 35.5. The molecule has 3 nitrogen and oxygen atoms in total. The number of hydrogen-bond donors (Lipinski definition) is 1. The predicted molar refractivity (Wildman–Crippen MR) is 82.4 cm³/mol. The first-order chi connectivity index (χ1) is 9.43. The maximum atomic E-state index is 10.4. The summed E-state index contributed by atoms with van der Waals surface area (Å²) in [5, 5.41) is 16.0. The van der Waals surface area contributed by atoms with E-state index < -0.39 is 6.10 Å². The van der Waals surface area contributed by atoms with Gasteiger partial charge in [0.05, 0.1) is 22.5 Å². The third-order valence-electron chi connectivity index (χ3n) is 3.40.